The molecule has 0 aromatic heterocycles. The molecule has 0 amide bonds. The zero-order valence-corrected chi connectivity index (χ0v) is 12.7. The Morgan fingerprint density at radius 1 is 1.25 bits per heavy atom. The van der Waals surface area contributed by atoms with Crippen molar-refractivity contribution < 1.29 is 18.3 Å². The van der Waals surface area contributed by atoms with Crippen LogP contribution in [0.3, 0.4) is 0 Å². The molecule has 0 atom stereocenters. The van der Waals surface area contributed by atoms with E-state index in [-0.39, 0.29) is 0 Å². The normalized spacial score (nSPS) is 13.0. The molecule has 0 saturated heterocycles. The number of hydrogen-bond acceptors (Lipinski definition) is 3. The minimum Gasteiger partial charge on any atom is -0.389 e. The van der Waals surface area contributed by atoms with Crippen LogP contribution in [0.15, 0.2) is 29.2 Å². The summed E-state index contributed by atoms with van der Waals surface area (Å²) in [5.74, 6) is 0.674. The molecule has 0 aliphatic heterocycles. The van der Waals surface area contributed by atoms with E-state index in [0.29, 0.717) is 23.7 Å². The number of hydrogen-bond donors (Lipinski definition) is 1. The van der Waals surface area contributed by atoms with Gasteiger partial charge in [-0.2, -0.15) is 13.2 Å². The van der Waals surface area contributed by atoms with Gasteiger partial charge < -0.3 is 10.0 Å². The van der Waals surface area contributed by atoms with Crippen LogP contribution in [-0.4, -0.2) is 41.5 Å². The highest BCUT2D eigenvalue weighted by Crippen LogP contribution is 2.31. The summed E-state index contributed by atoms with van der Waals surface area (Å²) in [4.78, 5) is 2.57. The second-order valence-electron chi connectivity index (χ2n) is 5.42. The Morgan fingerprint density at radius 2 is 1.90 bits per heavy atom. The minimum absolute atomic E-state index is 0.524. The van der Waals surface area contributed by atoms with Crippen molar-refractivity contribution in [3.8, 4) is 0 Å². The van der Waals surface area contributed by atoms with Crippen LogP contribution in [0.2, 0.25) is 0 Å². The number of benzene rings is 1. The predicted octanol–water partition coefficient (Wildman–Crippen LogP) is 3.50. The fourth-order valence-corrected chi connectivity index (χ4v) is 2.84. The van der Waals surface area contributed by atoms with Crippen LogP contribution in [0.5, 0.6) is 0 Å². The van der Waals surface area contributed by atoms with Crippen LogP contribution in [0, 0.1) is 0 Å². The maximum absolute atomic E-state index is 12.6. The summed E-state index contributed by atoms with van der Waals surface area (Å²) < 4.78 is 37.7. The van der Waals surface area contributed by atoms with Crippen molar-refractivity contribution in [1.82, 2.24) is 4.90 Å². The Hall–Kier alpha value is -0.720. The summed E-state index contributed by atoms with van der Waals surface area (Å²) in [7, 11) is 1.88. The smallest absolute Gasteiger partial charge is 0.389 e. The molecule has 2 nitrogen and oxygen atoms in total. The molecule has 0 aliphatic carbocycles. The Balaban J connectivity index is 2.47. The third kappa shape index (κ3) is 6.63. The lowest BCUT2D eigenvalue weighted by Gasteiger charge is -2.25. The highest BCUT2D eigenvalue weighted by molar-refractivity contribution is 7.99. The zero-order chi connectivity index (χ0) is 15.4. The minimum atomic E-state index is -4.30. The molecular formula is C14H20F3NOS. The Morgan fingerprint density at radius 3 is 2.45 bits per heavy atom. The highest BCUT2D eigenvalue weighted by atomic mass is 32.2. The van der Waals surface area contributed by atoms with Gasteiger partial charge in [0.05, 0.1) is 11.2 Å². The highest BCUT2D eigenvalue weighted by Gasteiger charge is 2.30. The average molecular weight is 307 g/mol. The van der Waals surface area contributed by atoms with Crippen molar-refractivity contribution in [2.75, 3.05) is 25.9 Å². The molecule has 1 rings (SSSR count). The molecule has 6 heteroatoms. The van der Waals surface area contributed by atoms with Crippen molar-refractivity contribution >= 4 is 11.8 Å². The molecule has 0 spiro atoms. The van der Waals surface area contributed by atoms with Gasteiger partial charge in [0.2, 0.25) is 0 Å². The largest absolute Gasteiger partial charge is 0.416 e. The molecule has 114 valence electrons. The van der Waals surface area contributed by atoms with Crippen LogP contribution in [0.25, 0.3) is 0 Å². The van der Waals surface area contributed by atoms with Crippen molar-refractivity contribution in [2.45, 2.75) is 30.5 Å². The van der Waals surface area contributed by atoms with E-state index in [0.717, 1.165) is 6.07 Å². The van der Waals surface area contributed by atoms with Gasteiger partial charge >= 0.3 is 6.18 Å². The van der Waals surface area contributed by atoms with Gasteiger partial charge in [0.1, 0.15) is 0 Å². The molecule has 1 aromatic rings. The second kappa shape index (κ2) is 6.83. The third-order valence-corrected chi connectivity index (χ3v) is 3.53. The monoisotopic (exact) mass is 307 g/mol. The first-order valence-corrected chi connectivity index (χ1v) is 7.27. The average Bonchev–Trinajstić information content (AvgIpc) is 2.25. The molecule has 0 aliphatic rings. The first-order chi connectivity index (χ1) is 9.08. The zero-order valence-electron chi connectivity index (χ0n) is 11.9. The molecule has 0 radical (unpaired) electrons. The van der Waals surface area contributed by atoms with E-state index in [4.69, 9.17) is 0 Å². The molecule has 0 saturated carbocycles. The van der Waals surface area contributed by atoms with Crippen molar-refractivity contribution in [3.63, 3.8) is 0 Å². The van der Waals surface area contributed by atoms with E-state index in [1.54, 1.807) is 19.9 Å². The molecule has 20 heavy (non-hydrogen) atoms. The quantitative estimate of drug-likeness (QED) is 0.814. The molecule has 0 heterocycles. The molecule has 0 fully saturated rings. The number of thioether (sulfide) groups is 1. The Kier molecular flexibility index (Phi) is 5.91. The van der Waals surface area contributed by atoms with E-state index in [2.05, 4.69) is 0 Å². The first kappa shape index (κ1) is 17.3. The lowest BCUT2D eigenvalue weighted by molar-refractivity contribution is -0.137. The first-order valence-electron chi connectivity index (χ1n) is 6.29. The molecule has 0 bridgehead atoms. The topological polar surface area (TPSA) is 23.5 Å². The Bertz CT molecular complexity index is 429. The SMILES string of the molecule is CN(CCSc1cccc(C(F)(F)F)c1)CC(C)(C)O. The standard InChI is InChI=1S/C14H20F3NOS/c1-13(2,19)10-18(3)7-8-20-12-6-4-5-11(9-12)14(15,16)17/h4-6,9,19H,7-8,10H2,1-3H3. The van der Waals surface area contributed by atoms with E-state index < -0.39 is 17.3 Å². The molecular weight excluding hydrogens is 287 g/mol. The summed E-state index contributed by atoms with van der Waals surface area (Å²) in [5, 5.41) is 9.66. The summed E-state index contributed by atoms with van der Waals surface area (Å²) in [5.41, 5.74) is -1.39. The third-order valence-electron chi connectivity index (χ3n) is 2.56. The van der Waals surface area contributed by atoms with Gasteiger partial charge in [0.25, 0.3) is 0 Å². The summed E-state index contributed by atoms with van der Waals surface area (Å²) in [6, 6.07) is 5.34. The van der Waals surface area contributed by atoms with Gasteiger partial charge in [-0.3, -0.25) is 0 Å². The fourth-order valence-electron chi connectivity index (χ4n) is 1.82. The van der Waals surface area contributed by atoms with Crippen molar-refractivity contribution in [3.05, 3.63) is 29.8 Å². The molecule has 1 N–H and O–H groups in total. The number of alkyl halides is 3. The van der Waals surface area contributed by atoms with Gasteiger partial charge in [-0.05, 0) is 39.1 Å². The maximum Gasteiger partial charge on any atom is 0.416 e. The predicted molar refractivity (Wildman–Crippen MR) is 76.0 cm³/mol. The van der Waals surface area contributed by atoms with Crippen molar-refractivity contribution in [1.29, 1.82) is 0 Å². The van der Waals surface area contributed by atoms with E-state index in [9.17, 15) is 18.3 Å². The fraction of sp³-hybridized carbons (Fsp3) is 0.571. The number of halogens is 3. The summed E-state index contributed by atoms with van der Waals surface area (Å²) >= 11 is 1.38. The molecule has 1 aromatic carbocycles. The lowest BCUT2D eigenvalue weighted by atomic mass is 10.1. The summed E-state index contributed by atoms with van der Waals surface area (Å²) in [6.45, 7) is 4.67. The van der Waals surface area contributed by atoms with Gasteiger partial charge in [0, 0.05) is 23.7 Å². The number of nitrogens with zero attached hydrogens (tertiary/aromatic N) is 1. The van der Waals surface area contributed by atoms with Gasteiger partial charge in [0.15, 0.2) is 0 Å². The number of aliphatic hydroxyl groups is 1. The van der Waals surface area contributed by atoms with Crippen LogP contribution in [0.1, 0.15) is 19.4 Å². The number of likely N-dealkylation sites (N-methyl/N-ethyl adjacent to an activating group) is 1. The van der Waals surface area contributed by atoms with Crippen LogP contribution >= 0.6 is 11.8 Å². The van der Waals surface area contributed by atoms with Gasteiger partial charge in [-0.15, -0.1) is 11.8 Å². The number of rotatable bonds is 6. The van der Waals surface area contributed by atoms with Gasteiger partial charge in [-0.1, -0.05) is 6.07 Å². The van der Waals surface area contributed by atoms with E-state index >= 15 is 0 Å². The van der Waals surface area contributed by atoms with Crippen LogP contribution in [0.4, 0.5) is 13.2 Å². The summed E-state index contributed by atoms with van der Waals surface area (Å²) in [6.07, 6.45) is -4.30. The van der Waals surface area contributed by atoms with Crippen molar-refractivity contribution in [2.24, 2.45) is 0 Å². The lowest BCUT2D eigenvalue weighted by Crippen LogP contribution is -2.37. The maximum atomic E-state index is 12.6. The van der Waals surface area contributed by atoms with Gasteiger partial charge in [-0.25, -0.2) is 0 Å². The second-order valence-corrected chi connectivity index (χ2v) is 6.59. The van der Waals surface area contributed by atoms with Crippen LogP contribution in [-0.2, 0) is 6.18 Å². The Labute approximate surface area is 122 Å². The van der Waals surface area contributed by atoms with E-state index in [1.807, 2.05) is 11.9 Å². The molecule has 0 unspecified atom stereocenters. The van der Waals surface area contributed by atoms with Crippen LogP contribution < -0.4 is 0 Å². The van der Waals surface area contributed by atoms with E-state index in [1.165, 1.54) is 23.9 Å².